The molecule has 0 radical (unpaired) electrons. The number of esters is 1. The second-order valence-electron chi connectivity index (χ2n) is 8.31. The lowest BCUT2D eigenvalue weighted by Crippen LogP contribution is -2.54. The zero-order valence-electron chi connectivity index (χ0n) is 16.2. The van der Waals surface area contributed by atoms with Gasteiger partial charge in [-0.3, -0.25) is 4.79 Å². The number of nitrogens with zero attached hydrogens (tertiary/aromatic N) is 1. The topological polar surface area (TPSA) is 70.7 Å². The van der Waals surface area contributed by atoms with Gasteiger partial charge in [-0.15, -0.1) is 0 Å². The predicted octanol–water partition coefficient (Wildman–Crippen LogP) is 2.67. The van der Waals surface area contributed by atoms with Crippen LogP contribution in [-0.4, -0.2) is 55.7 Å². The van der Waals surface area contributed by atoms with Crippen molar-refractivity contribution in [3.8, 4) is 0 Å². The highest BCUT2D eigenvalue weighted by Gasteiger charge is 2.50. The highest BCUT2D eigenvalue weighted by molar-refractivity contribution is 5.78. The molecule has 2 heterocycles. The molecule has 0 aromatic rings. The standard InChI is InChI=1S/C20H35N3O3/c1-26-18(24)7-11-20(17-5-3-2-4-6-17)15-22-19(25)23(20)14-10-16-8-12-21-13-9-16/h16-17,21H,2-15H2,1H3,(H,22,25). The monoisotopic (exact) mass is 365 g/mol. The molecule has 6 heteroatoms. The minimum atomic E-state index is -0.210. The van der Waals surface area contributed by atoms with Crippen LogP contribution in [0.3, 0.4) is 0 Å². The van der Waals surface area contributed by atoms with E-state index in [1.165, 1.54) is 52.1 Å². The van der Waals surface area contributed by atoms with Gasteiger partial charge in [-0.05, 0) is 63.5 Å². The number of hydrogen-bond donors (Lipinski definition) is 2. The van der Waals surface area contributed by atoms with Gasteiger partial charge in [0.15, 0.2) is 0 Å². The number of amides is 2. The second-order valence-corrected chi connectivity index (χ2v) is 8.31. The van der Waals surface area contributed by atoms with Crippen molar-refractivity contribution in [1.82, 2.24) is 15.5 Å². The molecule has 0 bridgehead atoms. The predicted molar refractivity (Wildman–Crippen MR) is 101 cm³/mol. The number of hydrogen-bond acceptors (Lipinski definition) is 4. The molecule has 0 aromatic heterocycles. The molecule has 1 unspecified atom stereocenters. The van der Waals surface area contributed by atoms with Gasteiger partial charge in [-0.25, -0.2) is 4.79 Å². The lowest BCUT2D eigenvalue weighted by atomic mass is 9.71. The van der Waals surface area contributed by atoms with Crippen LogP contribution in [0.15, 0.2) is 0 Å². The van der Waals surface area contributed by atoms with Gasteiger partial charge in [0.05, 0.1) is 12.6 Å². The normalized spacial score (nSPS) is 28.2. The maximum absolute atomic E-state index is 12.7. The molecule has 1 atom stereocenters. The highest BCUT2D eigenvalue weighted by atomic mass is 16.5. The van der Waals surface area contributed by atoms with E-state index < -0.39 is 0 Å². The Bertz CT molecular complexity index is 487. The third-order valence-electron chi connectivity index (χ3n) is 6.90. The molecule has 1 saturated carbocycles. The smallest absolute Gasteiger partial charge is 0.318 e. The molecule has 1 aliphatic carbocycles. The molecule has 0 spiro atoms. The van der Waals surface area contributed by atoms with Crippen molar-refractivity contribution in [2.45, 2.75) is 69.7 Å². The van der Waals surface area contributed by atoms with Gasteiger partial charge in [0.25, 0.3) is 0 Å². The number of ether oxygens (including phenoxy) is 1. The van der Waals surface area contributed by atoms with E-state index >= 15 is 0 Å². The van der Waals surface area contributed by atoms with Gasteiger partial charge in [0.2, 0.25) is 0 Å². The number of carbonyl (C=O) groups is 2. The Kier molecular flexibility index (Phi) is 6.79. The summed E-state index contributed by atoms with van der Waals surface area (Å²) < 4.78 is 4.89. The zero-order chi connectivity index (χ0) is 18.4. The van der Waals surface area contributed by atoms with E-state index in [1.807, 2.05) is 0 Å². The van der Waals surface area contributed by atoms with Crippen LogP contribution in [0.1, 0.15) is 64.2 Å². The summed E-state index contributed by atoms with van der Waals surface area (Å²) >= 11 is 0. The summed E-state index contributed by atoms with van der Waals surface area (Å²) in [4.78, 5) is 26.6. The first-order valence-corrected chi connectivity index (χ1v) is 10.5. The van der Waals surface area contributed by atoms with E-state index in [1.54, 1.807) is 0 Å². The second kappa shape index (κ2) is 9.07. The Morgan fingerprint density at radius 2 is 1.92 bits per heavy atom. The number of carbonyl (C=O) groups excluding carboxylic acids is 2. The minimum Gasteiger partial charge on any atom is -0.469 e. The summed E-state index contributed by atoms with van der Waals surface area (Å²) in [6.45, 7) is 3.67. The molecule has 3 rings (SSSR count). The van der Waals surface area contributed by atoms with Crippen molar-refractivity contribution in [3.05, 3.63) is 0 Å². The van der Waals surface area contributed by atoms with Crippen LogP contribution < -0.4 is 10.6 Å². The molecule has 6 nitrogen and oxygen atoms in total. The fourth-order valence-corrected chi connectivity index (χ4v) is 5.28. The Hall–Kier alpha value is -1.30. The third kappa shape index (κ3) is 4.33. The first-order chi connectivity index (χ1) is 12.7. The molecule has 3 fully saturated rings. The van der Waals surface area contributed by atoms with E-state index in [4.69, 9.17) is 4.74 Å². The molecule has 26 heavy (non-hydrogen) atoms. The molecule has 2 aliphatic heterocycles. The Labute approximate surface area is 157 Å². The summed E-state index contributed by atoms with van der Waals surface area (Å²) in [5.74, 6) is 1.03. The van der Waals surface area contributed by atoms with Gasteiger partial charge in [0.1, 0.15) is 0 Å². The maximum atomic E-state index is 12.7. The van der Waals surface area contributed by atoms with Crippen LogP contribution in [0, 0.1) is 11.8 Å². The molecule has 3 aliphatic rings. The van der Waals surface area contributed by atoms with Crippen LogP contribution in [0.4, 0.5) is 4.79 Å². The van der Waals surface area contributed by atoms with Crippen molar-refractivity contribution in [2.24, 2.45) is 11.8 Å². The van der Waals surface area contributed by atoms with E-state index in [-0.39, 0.29) is 17.5 Å². The lowest BCUT2D eigenvalue weighted by molar-refractivity contribution is -0.141. The molecule has 2 N–H and O–H groups in total. The van der Waals surface area contributed by atoms with E-state index in [0.717, 1.165) is 32.5 Å². The number of methoxy groups -OCH3 is 1. The Balaban J connectivity index is 1.72. The van der Waals surface area contributed by atoms with E-state index in [0.29, 0.717) is 24.8 Å². The zero-order valence-corrected chi connectivity index (χ0v) is 16.2. The number of piperidine rings is 1. The summed E-state index contributed by atoms with van der Waals surface area (Å²) in [6.07, 6.45) is 10.7. The van der Waals surface area contributed by atoms with E-state index in [9.17, 15) is 9.59 Å². The molecule has 2 saturated heterocycles. The summed E-state index contributed by atoms with van der Waals surface area (Å²) in [5.41, 5.74) is -0.210. The Morgan fingerprint density at radius 1 is 1.19 bits per heavy atom. The van der Waals surface area contributed by atoms with Crippen molar-refractivity contribution in [1.29, 1.82) is 0 Å². The summed E-state index contributed by atoms with van der Waals surface area (Å²) in [5, 5.41) is 6.52. The third-order valence-corrected chi connectivity index (χ3v) is 6.90. The molecule has 2 amide bonds. The Morgan fingerprint density at radius 3 is 2.62 bits per heavy atom. The average molecular weight is 366 g/mol. The molecular weight excluding hydrogens is 330 g/mol. The van der Waals surface area contributed by atoms with Gasteiger partial charge in [-0.1, -0.05) is 19.3 Å². The number of rotatable bonds is 7. The maximum Gasteiger partial charge on any atom is 0.318 e. The first kappa shape index (κ1) is 19.5. The van der Waals surface area contributed by atoms with Crippen LogP contribution in [0.2, 0.25) is 0 Å². The number of urea groups is 1. The van der Waals surface area contributed by atoms with Gasteiger partial charge >= 0.3 is 12.0 Å². The molecule has 0 aromatic carbocycles. The van der Waals surface area contributed by atoms with Crippen molar-refractivity contribution < 1.29 is 14.3 Å². The highest BCUT2D eigenvalue weighted by Crippen LogP contribution is 2.42. The van der Waals surface area contributed by atoms with Crippen molar-refractivity contribution in [2.75, 3.05) is 33.3 Å². The van der Waals surface area contributed by atoms with Crippen molar-refractivity contribution in [3.63, 3.8) is 0 Å². The minimum absolute atomic E-state index is 0.0642. The van der Waals surface area contributed by atoms with Crippen LogP contribution in [0.5, 0.6) is 0 Å². The van der Waals surface area contributed by atoms with Crippen LogP contribution >= 0.6 is 0 Å². The average Bonchev–Trinajstić information content (AvgIpc) is 3.02. The van der Waals surface area contributed by atoms with E-state index in [2.05, 4.69) is 15.5 Å². The summed E-state index contributed by atoms with van der Waals surface area (Å²) in [6, 6.07) is 0.0642. The SMILES string of the molecule is COC(=O)CCC1(C2CCCCC2)CNC(=O)N1CCC1CCNCC1. The van der Waals surface area contributed by atoms with Crippen LogP contribution in [-0.2, 0) is 9.53 Å². The summed E-state index contributed by atoms with van der Waals surface area (Å²) in [7, 11) is 1.45. The van der Waals surface area contributed by atoms with Gasteiger partial charge in [0, 0.05) is 19.5 Å². The molecular formula is C20H35N3O3. The molecule has 148 valence electrons. The largest absolute Gasteiger partial charge is 0.469 e. The van der Waals surface area contributed by atoms with Gasteiger partial charge in [-0.2, -0.15) is 0 Å². The van der Waals surface area contributed by atoms with Crippen molar-refractivity contribution >= 4 is 12.0 Å². The number of nitrogens with one attached hydrogen (secondary N) is 2. The quantitative estimate of drug-likeness (QED) is 0.681. The first-order valence-electron chi connectivity index (χ1n) is 10.5. The van der Waals surface area contributed by atoms with Crippen LogP contribution in [0.25, 0.3) is 0 Å². The fraction of sp³-hybridized carbons (Fsp3) is 0.900. The van der Waals surface area contributed by atoms with Gasteiger partial charge < -0.3 is 20.3 Å². The fourth-order valence-electron chi connectivity index (χ4n) is 5.28. The lowest BCUT2D eigenvalue weighted by Gasteiger charge is -2.45.